The second-order valence-corrected chi connectivity index (χ2v) is 5.65. The highest BCUT2D eigenvalue weighted by molar-refractivity contribution is 5.80. The average Bonchev–Trinajstić information content (AvgIpc) is 2.68. The molecule has 0 fully saturated rings. The lowest BCUT2D eigenvalue weighted by atomic mass is 10.3. The molecule has 0 aliphatic carbocycles. The number of amides is 1. The Morgan fingerprint density at radius 3 is 1.54 bits per heavy atom. The average molecular weight is 409 g/mol. The number of methoxy groups -OCH3 is 1. The molecule has 0 heterocycles. The first-order chi connectivity index (χ1) is 13.7. The van der Waals surface area contributed by atoms with E-state index in [-0.39, 0.29) is 18.7 Å². The van der Waals surface area contributed by atoms with Crippen molar-refractivity contribution in [2.45, 2.75) is 19.3 Å². The van der Waals surface area contributed by atoms with Gasteiger partial charge in [-0.3, -0.25) is 9.59 Å². The number of hydrogen-bond acceptors (Lipinski definition) is 8. The number of carbonyl (C=O) groups is 2. The Morgan fingerprint density at radius 2 is 1.11 bits per heavy atom. The zero-order valence-corrected chi connectivity index (χ0v) is 16.8. The molecule has 0 rings (SSSR count). The van der Waals surface area contributed by atoms with Crippen LogP contribution in [0.4, 0.5) is 0 Å². The number of carbonyl (C=O) groups excluding carboxylic acids is 1. The lowest BCUT2D eigenvalue weighted by Crippen LogP contribution is -2.25. The van der Waals surface area contributed by atoms with Gasteiger partial charge in [0.2, 0.25) is 5.91 Å². The summed E-state index contributed by atoms with van der Waals surface area (Å²) in [5, 5.41) is 11.1. The topological polar surface area (TPSA) is 122 Å². The standard InChI is InChI=1S/C18H35NO9/c1-23-7-8-25-11-12-27-15-16-28-14-13-26-10-9-24-6-2-5-19-17(20)3-4-18(21)22/h2-16H2,1H3,(H,19,20)(H,21,22). The third-order valence-electron chi connectivity index (χ3n) is 3.27. The fourth-order valence-electron chi connectivity index (χ4n) is 1.83. The van der Waals surface area contributed by atoms with Gasteiger partial charge in [0, 0.05) is 26.7 Å². The Bertz CT molecular complexity index is 369. The summed E-state index contributed by atoms with van der Waals surface area (Å²) in [7, 11) is 1.63. The number of ether oxygens (including phenoxy) is 6. The third kappa shape index (κ3) is 22.7. The SMILES string of the molecule is COCCOCCOCCOCCOCCOCCCNC(=O)CCC(=O)O. The van der Waals surface area contributed by atoms with Crippen molar-refractivity contribution in [3.8, 4) is 0 Å². The van der Waals surface area contributed by atoms with Crippen molar-refractivity contribution in [1.29, 1.82) is 0 Å². The molecule has 0 aliphatic heterocycles. The molecule has 0 aromatic rings. The van der Waals surface area contributed by atoms with E-state index in [1.54, 1.807) is 7.11 Å². The summed E-state index contributed by atoms with van der Waals surface area (Å²) < 4.78 is 31.6. The molecule has 0 saturated heterocycles. The predicted molar refractivity (Wildman–Crippen MR) is 100 cm³/mol. The van der Waals surface area contributed by atoms with E-state index in [4.69, 9.17) is 33.5 Å². The Labute approximate surface area is 166 Å². The highest BCUT2D eigenvalue weighted by Gasteiger charge is 2.04. The summed E-state index contributed by atoms with van der Waals surface area (Å²) in [6.45, 7) is 6.17. The molecule has 166 valence electrons. The van der Waals surface area contributed by atoms with Crippen molar-refractivity contribution < 1.29 is 43.1 Å². The fraction of sp³-hybridized carbons (Fsp3) is 0.889. The van der Waals surface area contributed by atoms with Crippen molar-refractivity contribution in [2.75, 3.05) is 86.3 Å². The van der Waals surface area contributed by atoms with E-state index >= 15 is 0 Å². The van der Waals surface area contributed by atoms with Gasteiger partial charge in [-0.2, -0.15) is 0 Å². The lowest BCUT2D eigenvalue weighted by molar-refractivity contribution is -0.138. The molecule has 1 amide bonds. The number of hydrogen-bond donors (Lipinski definition) is 2. The lowest BCUT2D eigenvalue weighted by Gasteiger charge is -2.08. The maximum Gasteiger partial charge on any atom is 0.303 e. The highest BCUT2D eigenvalue weighted by Crippen LogP contribution is 1.89. The van der Waals surface area contributed by atoms with Crippen molar-refractivity contribution >= 4 is 11.9 Å². The van der Waals surface area contributed by atoms with Crippen LogP contribution in [0.3, 0.4) is 0 Å². The number of rotatable bonds is 22. The molecule has 0 atom stereocenters. The zero-order valence-electron chi connectivity index (χ0n) is 16.8. The van der Waals surface area contributed by atoms with Gasteiger partial charge in [0.05, 0.1) is 72.5 Å². The minimum absolute atomic E-state index is 0.00151. The minimum Gasteiger partial charge on any atom is -0.481 e. The number of aliphatic carboxylic acids is 1. The first-order valence-corrected chi connectivity index (χ1v) is 9.53. The molecule has 0 unspecified atom stereocenters. The van der Waals surface area contributed by atoms with Crippen LogP contribution in [0, 0.1) is 0 Å². The van der Waals surface area contributed by atoms with Gasteiger partial charge >= 0.3 is 5.97 Å². The quantitative estimate of drug-likeness (QED) is 0.240. The summed E-state index contributed by atoms with van der Waals surface area (Å²) in [5.41, 5.74) is 0. The summed E-state index contributed by atoms with van der Waals surface area (Å²) >= 11 is 0. The van der Waals surface area contributed by atoms with Crippen LogP contribution in [0.5, 0.6) is 0 Å². The predicted octanol–water partition coefficient (Wildman–Crippen LogP) is 0.0869. The van der Waals surface area contributed by atoms with E-state index in [0.717, 1.165) is 0 Å². The Kier molecular flexibility index (Phi) is 21.0. The van der Waals surface area contributed by atoms with Crippen LogP contribution in [0.2, 0.25) is 0 Å². The Balaban J connectivity index is 3.08. The van der Waals surface area contributed by atoms with Crippen LogP contribution < -0.4 is 5.32 Å². The van der Waals surface area contributed by atoms with Crippen LogP contribution in [0.15, 0.2) is 0 Å². The number of carboxylic acids is 1. The second kappa shape index (κ2) is 22.0. The zero-order chi connectivity index (χ0) is 20.7. The molecule has 0 saturated carbocycles. The first-order valence-electron chi connectivity index (χ1n) is 9.53. The maximum absolute atomic E-state index is 11.3. The van der Waals surface area contributed by atoms with Gasteiger partial charge < -0.3 is 38.8 Å². The molecule has 0 bridgehead atoms. The van der Waals surface area contributed by atoms with E-state index in [2.05, 4.69) is 5.32 Å². The van der Waals surface area contributed by atoms with Crippen molar-refractivity contribution in [3.63, 3.8) is 0 Å². The Morgan fingerprint density at radius 1 is 0.679 bits per heavy atom. The highest BCUT2D eigenvalue weighted by atomic mass is 16.6. The fourth-order valence-corrected chi connectivity index (χ4v) is 1.83. The molecule has 2 N–H and O–H groups in total. The van der Waals surface area contributed by atoms with Gasteiger partial charge in [0.15, 0.2) is 0 Å². The van der Waals surface area contributed by atoms with Crippen molar-refractivity contribution in [2.24, 2.45) is 0 Å². The molecule has 28 heavy (non-hydrogen) atoms. The normalized spacial score (nSPS) is 10.9. The minimum atomic E-state index is -0.975. The number of nitrogens with one attached hydrogen (secondary N) is 1. The van der Waals surface area contributed by atoms with Crippen molar-refractivity contribution in [1.82, 2.24) is 5.32 Å². The summed E-state index contributed by atoms with van der Waals surface area (Å²) in [6, 6.07) is 0. The van der Waals surface area contributed by atoms with Crippen LogP contribution in [0.25, 0.3) is 0 Å². The van der Waals surface area contributed by atoms with Gasteiger partial charge in [0.1, 0.15) is 0 Å². The van der Waals surface area contributed by atoms with Crippen LogP contribution in [0.1, 0.15) is 19.3 Å². The summed E-state index contributed by atoms with van der Waals surface area (Å²) in [6.07, 6.45) is 0.515. The second-order valence-electron chi connectivity index (χ2n) is 5.65. The molecule has 0 aromatic carbocycles. The Hall–Kier alpha value is -1.30. The molecule has 0 aromatic heterocycles. The van der Waals surface area contributed by atoms with Gasteiger partial charge in [-0.15, -0.1) is 0 Å². The van der Waals surface area contributed by atoms with Crippen LogP contribution >= 0.6 is 0 Å². The van der Waals surface area contributed by atoms with E-state index in [1.165, 1.54) is 0 Å². The monoisotopic (exact) mass is 409 g/mol. The summed E-state index contributed by atoms with van der Waals surface area (Å²) in [5.74, 6) is -1.23. The van der Waals surface area contributed by atoms with E-state index < -0.39 is 5.97 Å². The van der Waals surface area contributed by atoms with Gasteiger partial charge in [0.25, 0.3) is 0 Å². The molecule has 0 spiro atoms. The first kappa shape index (κ1) is 26.7. The van der Waals surface area contributed by atoms with E-state index in [9.17, 15) is 9.59 Å². The molecular weight excluding hydrogens is 374 g/mol. The largest absolute Gasteiger partial charge is 0.481 e. The molecule has 10 nitrogen and oxygen atoms in total. The van der Waals surface area contributed by atoms with Gasteiger partial charge in [-0.1, -0.05) is 0 Å². The molecular formula is C18H35NO9. The molecule has 10 heteroatoms. The summed E-state index contributed by atoms with van der Waals surface area (Å²) in [4.78, 5) is 21.6. The van der Waals surface area contributed by atoms with Crippen molar-refractivity contribution in [3.05, 3.63) is 0 Å². The van der Waals surface area contributed by atoms with Gasteiger partial charge in [-0.25, -0.2) is 0 Å². The van der Waals surface area contributed by atoms with E-state index in [1.807, 2.05) is 0 Å². The van der Waals surface area contributed by atoms with E-state index in [0.29, 0.717) is 85.6 Å². The molecule has 0 aliphatic rings. The smallest absolute Gasteiger partial charge is 0.303 e. The third-order valence-corrected chi connectivity index (χ3v) is 3.27. The van der Waals surface area contributed by atoms with Crippen LogP contribution in [-0.2, 0) is 38.0 Å². The number of carboxylic acid groups (broad SMARTS) is 1. The van der Waals surface area contributed by atoms with Gasteiger partial charge in [-0.05, 0) is 6.42 Å². The maximum atomic E-state index is 11.3. The molecule has 0 radical (unpaired) electrons. The van der Waals surface area contributed by atoms with Crippen LogP contribution in [-0.4, -0.2) is 103 Å².